The van der Waals surface area contributed by atoms with Gasteiger partial charge in [-0.25, -0.2) is 0 Å². The third-order valence-electron chi connectivity index (χ3n) is 6.00. The molecule has 2 aliphatic carbocycles. The highest BCUT2D eigenvalue weighted by molar-refractivity contribution is 5.66. The molecule has 0 spiro atoms. The second-order valence-electron chi connectivity index (χ2n) is 8.10. The van der Waals surface area contributed by atoms with E-state index in [9.17, 15) is 4.79 Å². The number of aliphatic carboxylic acids is 1. The number of hydrogen-bond acceptors (Lipinski definition) is 3. The van der Waals surface area contributed by atoms with Gasteiger partial charge in [-0.1, -0.05) is 48.9 Å². The molecule has 3 rings (SSSR count). The van der Waals surface area contributed by atoms with E-state index in [1.807, 2.05) is 0 Å². The minimum atomic E-state index is -0.698. The van der Waals surface area contributed by atoms with Crippen LogP contribution in [-0.4, -0.2) is 35.7 Å². The van der Waals surface area contributed by atoms with Crippen molar-refractivity contribution in [3.8, 4) is 0 Å². The third kappa shape index (κ3) is 6.47. The van der Waals surface area contributed by atoms with Crippen LogP contribution in [0.15, 0.2) is 35.9 Å². The van der Waals surface area contributed by atoms with E-state index in [0.29, 0.717) is 24.0 Å². The van der Waals surface area contributed by atoms with E-state index in [4.69, 9.17) is 5.11 Å². The van der Waals surface area contributed by atoms with Gasteiger partial charge in [-0.3, -0.25) is 4.79 Å². The van der Waals surface area contributed by atoms with Gasteiger partial charge in [0.1, 0.15) is 0 Å². The Bertz CT molecular complexity index is 621. The molecule has 4 heteroatoms. The van der Waals surface area contributed by atoms with Crippen LogP contribution in [0.1, 0.15) is 63.9 Å². The maximum absolute atomic E-state index is 10.6. The first kappa shape index (κ1) is 20.1. The van der Waals surface area contributed by atoms with Crippen molar-refractivity contribution in [2.24, 2.45) is 5.92 Å². The second-order valence-corrected chi connectivity index (χ2v) is 8.10. The van der Waals surface area contributed by atoms with E-state index < -0.39 is 5.97 Å². The molecule has 0 unspecified atom stereocenters. The molecule has 0 aliphatic heterocycles. The molecule has 4 nitrogen and oxygen atoms in total. The van der Waals surface area contributed by atoms with Crippen LogP contribution < -0.4 is 10.6 Å². The Labute approximate surface area is 163 Å². The Morgan fingerprint density at radius 2 is 1.85 bits per heavy atom. The first-order chi connectivity index (χ1) is 13.2. The molecule has 1 aromatic carbocycles. The number of carboxylic acids is 1. The summed E-state index contributed by atoms with van der Waals surface area (Å²) in [5, 5.41) is 16.1. The monoisotopic (exact) mass is 370 g/mol. The number of hydrogen-bond donors (Lipinski definition) is 3. The predicted molar refractivity (Wildman–Crippen MR) is 111 cm³/mol. The van der Waals surface area contributed by atoms with Crippen molar-refractivity contribution in [1.82, 2.24) is 10.6 Å². The van der Waals surface area contributed by atoms with Crippen molar-refractivity contribution in [2.75, 3.05) is 6.54 Å². The van der Waals surface area contributed by atoms with E-state index in [-0.39, 0.29) is 6.42 Å². The molecule has 1 aromatic rings. The van der Waals surface area contributed by atoms with E-state index in [0.717, 1.165) is 19.4 Å². The molecule has 148 valence electrons. The van der Waals surface area contributed by atoms with Crippen LogP contribution in [0.5, 0.6) is 0 Å². The quantitative estimate of drug-likeness (QED) is 0.540. The van der Waals surface area contributed by atoms with E-state index in [1.54, 1.807) is 5.57 Å². The largest absolute Gasteiger partial charge is 0.481 e. The van der Waals surface area contributed by atoms with Gasteiger partial charge in [-0.2, -0.15) is 0 Å². The van der Waals surface area contributed by atoms with Crippen LogP contribution in [0.4, 0.5) is 0 Å². The standard InChI is InChI=1S/C23H34N2O2/c1-2-18(15-17-7-4-3-5-8-17)21-16-22(21)25-20-12-10-19(11-13-20)24-14-6-9-23(26)27/h3-5,7-8,15,19-22,24-25H,2,6,9-14,16H2,1H3,(H,26,27)/b18-15+/t19?,20?,21-,22+/m0/s1. The van der Waals surface area contributed by atoms with Crippen molar-refractivity contribution in [2.45, 2.75) is 76.4 Å². The summed E-state index contributed by atoms with van der Waals surface area (Å²) in [4.78, 5) is 10.6. The average Bonchev–Trinajstić information content (AvgIpc) is 3.44. The van der Waals surface area contributed by atoms with E-state index in [2.05, 4.69) is 54.0 Å². The zero-order chi connectivity index (χ0) is 19.1. The molecule has 2 atom stereocenters. The van der Waals surface area contributed by atoms with Crippen LogP contribution in [0.25, 0.3) is 6.08 Å². The van der Waals surface area contributed by atoms with Crippen LogP contribution in [-0.2, 0) is 4.79 Å². The number of benzene rings is 1. The molecule has 2 fully saturated rings. The molecule has 0 saturated heterocycles. The van der Waals surface area contributed by atoms with Crippen molar-refractivity contribution >= 4 is 12.0 Å². The van der Waals surface area contributed by atoms with Crippen LogP contribution in [0, 0.1) is 5.92 Å². The molecule has 3 N–H and O–H groups in total. The van der Waals surface area contributed by atoms with E-state index >= 15 is 0 Å². The summed E-state index contributed by atoms with van der Waals surface area (Å²) in [7, 11) is 0. The molecule has 27 heavy (non-hydrogen) atoms. The second kappa shape index (κ2) is 10.0. The molecule has 0 bridgehead atoms. The maximum atomic E-state index is 10.6. The molecule has 0 heterocycles. The van der Waals surface area contributed by atoms with Crippen molar-refractivity contribution < 1.29 is 9.90 Å². The Morgan fingerprint density at radius 1 is 1.15 bits per heavy atom. The van der Waals surface area contributed by atoms with Gasteiger partial charge in [0, 0.05) is 24.5 Å². The zero-order valence-electron chi connectivity index (χ0n) is 16.5. The Kier molecular flexibility index (Phi) is 7.48. The summed E-state index contributed by atoms with van der Waals surface area (Å²) >= 11 is 0. The molecule has 0 aromatic heterocycles. The van der Waals surface area contributed by atoms with Crippen LogP contribution in [0.2, 0.25) is 0 Å². The number of rotatable bonds is 10. The lowest BCUT2D eigenvalue weighted by Gasteiger charge is -2.30. The van der Waals surface area contributed by atoms with Gasteiger partial charge in [-0.05, 0) is 63.0 Å². The molecule has 0 radical (unpaired) electrons. The summed E-state index contributed by atoms with van der Waals surface area (Å²) < 4.78 is 0. The lowest BCUT2D eigenvalue weighted by molar-refractivity contribution is -0.137. The fourth-order valence-corrected chi connectivity index (χ4v) is 4.34. The SMILES string of the molecule is CC/C(=C\c1ccccc1)[C@@H]1C[C@H]1NC1CCC(NCCCC(=O)O)CC1. The normalized spacial score (nSPS) is 28.1. The van der Waals surface area contributed by atoms with Crippen molar-refractivity contribution in [3.63, 3.8) is 0 Å². The number of carbonyl (C=O) groups is 1. The van der Waals surface area contributed by atoms with Gasteiger partial charge in [0.2, 0.25) is 0 Å². The van der Waals surface area contributed by atoms with E-state index in [1.165, 1.54) is 37.7 Å². The summed E-state index contributed by atoms with van der Waals surface area (Å²) in [6, 6.07) is 12.5. The fourth-order valence-electron chi connectivity index (χ4n) is 4.34. The Balaban J connectivity index is 1.37. The molecule has 0 amide bonds. The van der Waals surface area contributed by atoms with Gasteiger partial charge < -0.3 is 15.7 Å². The highest BCUT2D eigenvalue weighted by Crippen LogP contribution is 2.40. The van der Waals surface area contributed by atoms with Gasteiger partial charge in [-0.15, -0.1) is 0 Å². The Morgan fingerprint density at radius 3 is 2.52 bits per heavy atom. The summed E-state index contributed by atoms with van der Waals surface area (Å²) in [5.41, 5.74) is 2.89. The average molecular weight is 371 g/mol. The first-order valence-electron chi connectivity index (χ1n) is 10.6. The highest BCUT2D eigenvalue weighted by Gasteiger charge is 2.40. The first-order valence-corrected chi connectivity index (χ1v) is 10.6. The van der Waals surface area contributed by atoms with Crippen LogP contribution in [0.3, 0.4) is 0 Å². The van der Waals surface area contributed by atoms with Gasteiger partial charge >= 0.3 is 5.97 Å². The topological polar surface area (TPSA) is 61.4 Å². The summed E-state index contributed by atoms with van der Waals surface area (Å²) in [6.45, 7) is 3.09. The smallest absolute Gasteiger partial charge is 0.303 e. The van der Waals surface area contributed by atoms with Crippen LogP contribution >= 0.6 is 0 Å². The van der Waals surface area contributed by atoms with Gasteiger partial charge in [0.05, 0.1) is 0 Å². The maximum Gasteiger partial charge on any atom is 0.303 e. The van der Waals surface area contributed by atoms with Gasteiger partial charge in [0.25, 0.3) is 0 Å². The minimum Gasteiger partial charge on any atom is -0.481 e. The number of carboxylic acid groups (broad SMARTS) is 1. The summed E-state index contributed by atoms with van der Waals surface area (Å²) in [5.74, 6) is 0.0125. The zero-order valence-corrected chi connectivity index (χ0v) is 16.5. The third-order valence-corrected chi connectivity index (χ3v) is 6.00. The number of nitrogens with one attached hydrogen (secondary N) is 2. The predicted octanol–water partition coefficient (Wildman–Crippen LogP) is 4.22. The molecular formula is C23H34N2O2. The fraction of sp³-hybridized carbons (Fsp3) is 0.609. The highest BCUT2D eigenvalue weighted by atomic mass is 16.4. The van der Waals surface area contributed by atoms with Crippen molar-refractivity contribution in [3.05, 3.63) is 41.5 Å². The Hall–Kier alpha value is -1.65. The lowest BCUT2D eigenvalue weighted by Crippen LogP contribution is -2.41. The molecule has 2 aliphatic rings. The lowest BCUT2D eigenvalue weighted by atomic mass is 9.91. The molecule has 2 saturated carbocycles. The minimum absolute atomic E-state index is 0.267. The van der Waals surface area contributed by atoms with Gasteiger partial charge in [0.15, 0.2) is 0 Å². The summed E-state index contributed by atoms with van der Waals surface area (Å²) in [6.07, 6.45) is 10.6. The van der Waals surface area contributed by atoms with Crippen molar-refractivity contribution in [1.29, 1.82) is 0 Å². The molecular weight excluding hydrogens is 336 g/mol.